The first-order valence-corrected chi connectivity index (χ1v) is 5.88. The molecule has 0 unspecified atom stereocenters. The van der Waals surface area contributed by atoms with Crippen molar-refractivity contribution >= 4 is 5.88 Å². The molecule has 0 fully saturated rings. The van der Waals surface area contributed by atoms with Crippen molar-refractivity contribution in [1.82, 2.24) is 0 Å². The molecule has 0 aliphatic carbocycles. The van der Waals surface area contributed by atoms with Gasteiger partial charge in [0.15, 0.2) is 5.75 Å². The Balaban J connectivity index is 2.63. The maximum atomic E-state index is 12.9. The van der Waals surface area contributed by atoms with Gasteiger partial charge in [-0.15, -0.1) is 0 Å². The maximum absolute atomic E-state index is 12.9. The second kappa shape index (κ2) is 4.77. The van der Waals surface area contributed by atoms with E-state index < -0.39 is 11.7 Å². The summed E-state index contributed by atoms with van der Waals surface area (Å²) in [5.41, 5.74) is -0.0747. The zero-order chi connectivity index (χ0) is 15.1. The fourth-order valence-electron chi connectivity index (χ4n) is 2.02. The van der Waals surface area contributed by atoms with Gasteiger partial charge in [0.05, 0.1) is 11.1 Å². The monoisotopic (exact) mass is 285 g/mol. The summed E-state index contributed by atoms with van der Waals surface area (Å²) in [4.78, 5) is 1.59. The molecule has 0 radical (unpaired) electrons. The SMILES string of the molecule is Cc1ccc(-c2c(O)coc2N(C)C)cc1C(F)(F)F. The molecule has 3 nitrogen and oxygen atoms in total. The summed E-state index contributed by atoms with van der Waals surface area (Å²) in [5, 5.41) is 9.80. The van der Waals surface area contributed by atoms with Crippen LogP contribution in [-0.4, -0.2) is 19.2 Å². The van der Waals surface area contributed by atoms with Crippen molar-refractivity contribution in [2.75, 3.05) is 19.0 Å². The van der Waals surface area contributed by atoms with E-state index in [4.69, 9.17) is 4.42 Å². The van der Waals surface area contributed by atoms with Gasteiger partial charge in [-0.25, -0.2) is 0 Å². The van der Waals surface area contributed by atoms with Crippen LogP contribution in [0.3, 0.4) is 0 Å². The van der Waals surface area contributed by atoms with Gasteiger partial charge in [0.1, 0.15) is 6.26 Å². The molecule has 20 heavy (non-hydrogen) atoms. The first-order chi connectivity index (χ1) is 9.21. The number of furan rings is 1. The second-order valence-corrected chi connectivity index (χ2v) is 4.72. The van der Waals surface area contributed by atoms with Crippen LogP contribution in [0.2, 0.25) is 0 Å². The number of hydrogen-bond donors (Lipinski definition) is 1. The number of halogens is 3. The molecule has 2 aromatic rings. The second-order valence-electron chi connectivity index (χ2n) is 4.72. The Morgan fingerprint density at radius 3 is 2.40 bits per heavy atom. The molecule has 1 N–H and O–H groups in total. The van der Waals surface area contributed by atoms with E-state index in [2.05, 4.69) is 0 Å². The van der Waals surface area contributed by atoms with Crippen molar-refractivity contribution in [3.8, 4) is 16.9 Å². The van der Waals surface area contributed by atoms with Gasteiger partial charge in [0.2, 0.25) is 5.88 Å². The third-order valence-corrected chi connectivity index (χ3v) is 2.99. The highest BCUT2D eigenvalue weighted by Crippen LogP contribution is 2.42. The summed E-state index contributed by atoms with van der Waals surface area (Å²) in [6.45, 7) is 1.40. The molecule has 0 amide bonds. The number of alkyl halides is 3. The molecule has 0 spiro atoms. The molecule has 0 saturated heterocycles. The van der Waals surface area contributed by atoms with Crippen LogP contribution in [0.1, 0.15) is 11.1 Å². The minimum Gasteiger partial charge on any atom is -0.504 e. The van der Waals surface area contributed by atoms with Crippen LogP contribution in [0.5, 0.6) is 5.75 Å². The third-order valence-electron chi connectivity index (χ3n) is 2.99. The lowest BCUT2D eigenvalue weighted by Crippen LogP contribution is -2.09. The Bertz CT molecular complexity index is 630. The fourth-order valence-corrected chi connectivity index (χ4v) is 2.02. The Kier molecular flexibility index (Phi) is 3.41. The van der Waals surface area contributed by atoms with E-state index in [1.54, 1.807) is 19.0 Å². The molecule has 0 saturated carbocycles. The van der Waals surface area contributed by atoms with Crippen molar-refractivity contribution in [1.29, 1.82) is 0 Å². The third kappa shape index (κ3) is 2.45. The van der Waals surface area contributed by atoms with Crippen molar-refractivity contribution in [3.63, 3.8) is 0 Å². The average Bonchev–Trinajstić information content (AvgIpc) is 2.70. The molecule has 108 valence electrons. The van der Waals surface area contributed by atoms with E-state index in [0.29, 0.717) is 5.88 Å². The van der Waals surface area contributed by atoms with Crippen LogP contribution < -0.4 is 4.90 Å². The minimum absolute atomic E-state index is 0.135. The Morgan fingerprint density at radius 1 is 1.20 bits per heavy atom. The van der Waals surface area contributed by atoms with Crippen LogP contribution >= 0.6 is 0 Å². The Hall–Kier alpha value is -2.11. The molecule has 0 atom stereocenters. The zero-order valence-electron chi connectivity index (χ0n) is 11.2. The highest BCUT2D eigenvalue weighted by Gasteiger charge is 2.33. The highest BCUT2D eigenvalue weighted by atomic mass is 19.4. The van der Waals surface area contributed by atoms with Gasteiger partial charge >= 0.3 is 6.18 Å². The fraction of sp³-hybridized carbons (Fsp3) is 0.286. The van der Waals surface area contributed by atoms with Crippen LogP contribution in [0.4, 0.5) is 19.1 Å². The largest absolute Gasteiger partial charge is 0.504 e. The topological polar surface area (TPSA) is 36.6 Å². The predicted octanol–water partition coefficient (Wildman–Crippen LogP) is 4.05. The molecule has 6 heteroatoms. The standard InChI is InChI=1S/C14H14F3NO2/c1-8-4-5-9(6-10(8)14(15,16)17)12-11(19)7-20-13(12)18(2)3/h4-7,19H,1-3H3. The molecule has 1 heterocycles. The maximum Gasteiger partial charge on any atom is 0.416 e. The number of hydrogen-bond acceptors (Lipinski definition) is 3. The number of anilines is 1. The van der Waals surface area contributed by atoms with E-state index in [9.17, 15) is 18.3 Å². The minimum atomic E-state index is -4.43. The van der Waals surface area contributed by atoms with Gasteiger partial charge < -0.3 is 14.4 Å². The number of nitrogens with zero attached hydrogens (tertiary/aromatic N) is 1. The summed E-state index contributed by atoms with van der Waals surface area (Å²) in [6.07, 6.45) is -3.32. The zero-order valence-corrected chi connectivity index (χ0v) is 11.2. The van der Waals surface area contributed by atoms with E-state index in [1.165, 1.54) is 19.1 Å². The van der Waals surface area contributed by atoms with Crippen LogP contribution in [0, 0.1) is 6.92 Å². The van der Waals surface area contributed by atoms with E-state index in [0.717, 1.165) is 12.3 Å². The number of rotatable bonds is 2. The van der Waals surface area contributed by atoms with Gasteiger partial charge in [-0.05, 0) is 24.1 Å². The Labute approximate surface area is 114 Å². The summed E-state index contributed by atoms with van der Waals surface area (Å²) >= 11 is 0. The molecule has 0 aliphatic heterocycles. The van der Waals surface area contributed by atoms with E-state index >= 15 is 0 Å². The van der Waals surface area contributed by atoms with Gasteiger partial charge in [-0.3, -0.25) is 0 Å². The predicted molar refractivity (Wildman–Crippen MR) is 69.9 cm³/mol. The van der Waals surface area contributed by atoms with Crippen molar-refractivity contribution in [2.24, 2.45) is 0 Å². The molecule has 0 aliphatic rings. The number of aryl methyl sites for hydroxylation is 1. The first-order valence-electron chi connectivity index (χ1n) is 5.88. The van der Waals surface area contributed by atoms with Crippen LogP contribution in [-0.2, 0) is 6.18 Å². The smallest absolute Gasteiger partial charge is 0.416 e. The van der Waals surface area contributed by atoms with Gasteiger partial charge in [0, 0.05) is 14.1 Å². The lowest BCUT2D eigenvalue weighted by atomic mass is 10.00. The normalized spacial score (nSPS) is 11.7. The summed E-state index contributed by atoms with van der Waals surface area (Å²) in [5.74, 6) is 0.116. The number of aromatic hydroxyl groups is 1. The molecule has 0 bridgehead atoms. The van der Waals surface area contributed by atoms with E-state index in [-0.39, 0.29) is 22.4 Å². The molecular weight excluding hydrogens is 271 g/mol. The van der Waals surface area contributed by atoms with Crippen molar-refractivity contribution in [2.45, 2.75) is 13.1 Å². The first kappa shape index (κ1) is 14.3. The summed E-state index contributed by atoms with van der Waals surface area (Å²) < 4.78 is 44.0. The number of benzene rings is 1. The summed E-state index contributed by atoms with van der Waals surface area (Å²) in [6, 6.07) is 3.93. The highest BCUT2D eigenvalue weighted by molar-refractivity contribution is 5.81. The van der Waals surface area contributed by atoms with Gasteiger partial charge in [-0.2, -0.15) is 13.2 Å². The summed E-state index contributed by atoms with van der Waals surface area (Å²) in [7, 11) is 3.36. The van der Waals surface area contributed by atoms with Gasteiger partial charge in [-0.1, -0.05) is 12.1 Å². The quantitative estimate of drug-likeness (QED) is 0.904. The van der Waals surface area contributed by atoms with E-state index in [1.807, 2.05) is 0 Å². The molecule has 1 aromatic carbocycles. The van der Waals surface area contributed by atoms with Gasteiger partial charge in [0.25, 0.3) is 0 Å². The molecule has 2 rings (SSSR count). The van der Waals surface area contributed by atoms with Crippen LogP contribution in [0.15, 0.2) is 28.9 Å². The molecular formula is C14H14F3NO2. The lowest BCUT2D eigenvalue weighted by Gasteiger charge is -2.14. The van der Waals surface area contributed by atoms with Crippen molar-refractivity contribution in [3.05, 3.63) is 35.6 Å². The average molecular weight is 285 g/mol. The van der Waals surface area contributed by atoms with Crippen molar-refractivity contribution < 1.29 is 22.7 Å². The van der Waals surface area contributed by atoms with Crippen LogP contribution in [0.25, 0.3) is 11.1 Å². The lowest BCUT2D eigenvalue weighted by molar-refractivity contribution is -0.138. The Morgan fingerprint density at radius 2 is 1.85 bits per heavy atom. The molecule has 1 aromatic heterocycles.